The number of nitrogens with one attached hydrogen (secondary N) is 1. The van der Waals surface area contributed by atoms with Crippen LogP contribution in [0.5, 0.6) is 5.75 Å². The average molecular weight is 303 g/mol. The second-order valence-corrected chi connectivity index (χ2v) is 5.36. The number of fused-ring (bicyclic) bond motifs is 1. The largest absolute Gasteiger partial charge is 0.493 e. The summed E-state index contributed by atoms with van der Waals surface area (Å²) in [6, 6.07) is 10.5. The van der Waals surface area contributed by atoms with Crippen LogP contribution < -0.4 is 10.1 Å². The molecular weight excluding hydrogens is 288 g/mol. The molecule has 0 aliphatic carbocycles. The van der Waals surface area contributed by atoms with E-state index < -0.39 is 17.5 Å². The van der Waals surface area contributed by atoms with Crippen LogP contribution in [0.3, 0.4) is 0 Å². The number of rotatable bonds is 3. The van der Waals surface area contributed by atoms with Crippen molar-refractivity contribution in [3.05, 3.63) is 65.2 Å². The molecule has 1 amide bonds. The monoisotopic (exact) mass is 303 g/mol. The van der Waals surface area contributed by atoms with E-state index in [-0.39, 0.29) is 11.5 Å². The van der Waals surface area contributed by atoms with Crippen LogP contribution in [0.2, 0.25) is 0 Å². The van der Waals surface area contributed by atoms with Crippen molar-refractivity contribution in [2.24, 2.45) is 5.92 Å². The normalized spacial score (nSPS) is 16.5. The molecule has 0 fully saturated rings. The first-order valence-electron chi connectivity index (χ1n) is 7.07. The van der Waals surface area contributed by atoms with Gasteiger partial charge in [0.2, 0.25) is 0 Å². The number of hydrogen-bond donors (Lipinski definition) is 1. The van der Waals surface area contributed by atoms with E-state index in [2.05, 4.69) is 5.32 Å². The van der Waals surface area contributed by atoms with Crippen molar-refractivity contribution >= 4 is 5.91 Å². The molecule has 0 saturated carbocycles. The van der Waals surface area contributed by atoms with E-state index in [0.717, 1.165) is 35.9 Å². The van der Waals surface area contributed by atoms with Gasteiger partial charge in [-0.15, -0.1) is 0 Å². The van der Waals surface area contributed by atoms with E-state index in [1.165, 1.54) is 0 Å². The summed E-state index contributed by atoms with van der Waals surface area (Å²) in [6.07, 6.45) is 0.800. The minimum Gasteiger partial charge on any atom is -0.493 e. The summed E-state index contributed by atoms with van der Waals surface area (Å²) in [7, 11) is 0. The lowest BCUT2D eigenvalue weighted by Crippen LogP contribution is -2.34. The predicted molar refractivity (Wildman–Crippen MR) is 77.8 cm³/mol. The molecule has 0 spiro atoms. The molecule has 1 unspecified atom stereocenters. The van der Waals surface area contributed by atoms with E-state index in [1.807, 2.05) is 24.3 Å². The van der Waals surface area contributed by atoms with Crippen molar-refractivity contribution < 1.29 is 18.3 Å². The summed E-state index contributed by atoms with van der Waals surface area (Å²) in [6.45, 7) is 0.903. The zero-order chi connectivity index (χ0) is 15.5. The highest BCUT2D eigenvalue weighted by atomic mass is 19.1. The lowest BCUT2D eigenvalue weighted by atomic mass is 9.96. The van der Waals surface area contributed by atoms with Crippen LogP contribution in [-0.2, 0) is 6.42 Å². The Bertz CT molecular complexity index is 683. The lowest BCUT2D eigenvalue weighted by molar-refractivity contribution is 0.0938. The standard InChI is InChI=1S/C17H15F2NO2/c18-14-6-13(7-15(19)8-14)17(21)20-9-11-5-12-3-1-2-4-16(12)22-10-11/h1-4,6-8,11H,5,9-10H2,(H,20,21). The van der Waals surface area contributed by atoms with Gasteiger partial charge in [-0.1, -0.05) is 18.2 Å². The fourth-order valence-corrected chi connectivity index (χ4v) is 2.55. The summed E-state index contributed by atoms with van der Waals surface area (Å²) in [5.74, 6) is -1.01. The fourth-order valence-electron chi connectivity index (χ4n) is 2.55. The zero-order valence-corrected chi connectivity index (χ0v) is 11.8. The predicted octanol–water partition coefficient (Wildman–Crippen LogP) is 2.95. The first-order valence-corrected chi connectivity index (χ1v) is 7.07. The van der Waals surface area contributed by atoms with Gasteiger partial charge < -0.3 is 10.1 Å². The molecule has 1 aliphatic rings. The molecule has 3 nitrogen and oxygen atoms in total. The Labute approximate surface area is 126 Å². The number of carbonyl (C=O) groups excluding carboxylic acids is 1. The van der Waals surface area contributed by atoms with E-state index in [9.17, 15) is 13.6 Å². The Morgan fingerprint density at radius 1 is 1.18 bits per heavy atom. The van der Waals surface area contributed by atoms with Crippen LogP contribution in [0.1, 0.15) is 15.9 Å². The summed E-state index contributed by atoms with van der Waals surface area (Å²) < 4.78 is 31.9. The van der Waals surface area contributed by atoms with E-state index in [1.54, 1.807) is 0 Å². The number of halogens is 2. The molecule has 1 aliphatic heterocycles. The summed E-state index contributed by atoms with van der Waals surface area (Å²) in [5.41, 5.74) is 1.08. The quantitative estimate of drug-likeness (QED) is 0.947. The van der Waals surface area contributed by atoms with Gasteiger partial charge in [0.25, 0.3) is 5.91 Å². The number of para-hydroxylation sites is 1. The van der Waals surface area contributed by atoms with Gasteiger partial charge in [0.15, 0.2) is 0 Å². The maximum Gasteiger partial charge on any atom is 0.251 e. The van der Waals surface area contributed by atoms with Crippen molar-refractivity contribution in [2.75, 3.05) is 13.2 Å². The molecule has 2 aromatic carbocycles. The van der Waals surface area contributed by atoms with Gasteiger partial charge >= 0.3 is 0 Å². The molecule has 3 rings (SSSR count). The molecule has 0 radical (unpaired) electrons. The van der Waals surface area contributed by atoms with Crippen LogP contribution in [0, 0.1) is 17.6 Å². The average Bonchev–Trinajstić information content (AvgIpc) is 2.51. The van der Waals surface area contributed by atoms with Crippen molar-refractivity contribution in [2.45, 2.75) is 6.42 Å². The van der Waals surface area contributed by atoms with Crippen LogP contribution in [0.25, 0.3) is 0 Å². The lowest BCUT2D eigenvalue weighted by Gasteiger charge is -2.25. The fraction of sp³-hybridized carbons (Fsp3) is 0.235. The minimum absolute atomic E-state index is 0.0189. The first kappa shape index (κ1) is 14.5. The zero-order valence-electron chi connectivity index (χ0n) is 11.8. The molecular formula is C17H15F2NO2. The number of hydrogen-bond acceptors (Lipinski definition) is 2. The molecule has 0 aromatic heterocycles. The third-order valence-electron chi connectivity index (χ3n) is 3.63. The van der Waals surface area contributed by atoms with Gasteiger partial charge in [0.1, 0.15) is 17.4 Å². The summed E-state index contributed by atoms with van der Waals surface area (Å²) in [4.78, 5) is 12.0. The first-order chi connectivity index (χ1) is 10.6. The minimum atomic E-state index is -0.764. The number of carbonyl (C=O) groups is 1. The van der Waals surface area contributed by atoms with Crippen LogP contribution in [0.15, 0.2) is 42.5 Å². The topological polar surface area (TPSA) is 38.3 Å². The SMILES string of the molecule is O=C(NCC1COc2ccccc2C1)c1cc(F)cc(F)c1. The van der Waals surface area contributed by atoms with Crippen molar-refractivity contribution in [3.63, 3.8) is 0 Å². The molecule has 0 bridgehead atoms. The Balaban J connectivity index is 1.60. The molecule has 2 aromatic rings. The Morgan fingerprint density at radius 3 is 2.68 bits per heavy atom. The molecule has 5 heteroatoms. The highest BCUT2D eigenvalue weighted by Gasteiger charge is 2.20. The van der Waals surface area contributed by atoms with E-state index >= 15 is 0 Å². The maximum absolute atomic E-state index is 13.1. The van der Waals surface area contributed by atoms with Gasteiger partial charge in [-0.2, -0.15) is 0 Å². The third-order valence-corrected chi connectivity index (χ3v) is 3.63. The number of amides is 1. The van der Waals surface area contributed by atoms with Crippen LogP contribution >= 0.6 is 0 Å². The molecule has 1 atom stereocenters. The van der Waals surface area contributed by atoms with Crippen molar-refractivity contribution in [3.8, 4) is 5.75 Å². The van der Waals surface area contributed by atoms with Crippen molar-refractivity contribution in [1.82, 2.24) is 5.32 Å². The smallest absolute Gasteiger partial charge is 0.251 e. The Kier molecular flexibility index (Phi) is 4.04. The number of benzene rings is 2. The van der Waals surface area contributed by atoms with Crippen LogP contribution in [-0.4, -0.2) is 19.1 Å². The summed E-state index contributed by atoms with van der Waals surface area (Å²) >= 11 is 0. The van der Waals surface area contributed by atoms with E-state index in [4.69, 9.17) is 4.74 Å². The Hall–Kier alpha value is -2.43. The maximum atomic E-state index is 13.1. The van der Waals surface area contributed by atoms with Gasteiger partial charge in [-0.05, 0) is 30.2 Å². The molecule has 1 heterocycles. The van der Waals surface area contributed by atoms with E-state index in [0.29, 0.717) is 13.2 Å². The van der Waals surface area contributed by atoms with Gasteiger partial charge in [0, 0.05) is 24.1 Å². The van der Waals surface area contributed by atoms with Gasteiger partial charge in [-0.3, -0.25) is 4.79 Å². The highest BCUT2D eigenvalue weighted by Crippen LogP contribution is 2.26. The molecule has 114 valence electrons. The van der Waals surface area contributed by atoms with Crippen LogP contribution in [0.4, 0.5) is 8.78 Å². The van der Waals surface area contributed by atoms with Crippen molar-refractivity contribution in [1.29, 1.82) is 0 Å². The Morgan fingerprint density at radius 2 is 1.91 bits per heavy atom. The summed E-state index contributed by atoms with van der Waals surface area (Å²) in [5, 5.41) is 2.70. The highest BCUT2D eigenvalue weighted by molar-refractivity contribution is 5.94. The molecule has 22 heavy (non-hydrogen) atoms. The number of ether oxygens (including phenoxy) is 1. The van der Waals surface area contributed by atoms with Gasteiger partial charge in [0.05, 0.1) is 6.61 Å². The second-order valence-electron chi connectivity index (χ2n) is 5.36. The van der Waals surface area contributed by atoms with Gasteiger partial charge in [-0.25, -0.2) is 8.78 Å². The molecule has 1 N–H and O–H groups in total. The second kappa shape index (κ2) is 6.13. The molecule has 0 saturated heterocycles. The third kappa shape index (κ3) is 3.24.